The fourth-order valence-corrected chi connectivity index (χ4v) is 6.43. The van der Waals surface area contributed by atoms with Gasteiger partial charge in [-0.25, -0.2) is 0 Å². The Morgan fingerprint density at radius 1 is 1.07 bits per heavy atom. The molecule has 1 aromatic carbocycles. The van der Waals surface area contributed by atoms with Gasteiger partial charge in [-0.3, -0.25) is 9.59 Å². The van der Waals surface area contributed by atoms with E-state index in [1.165, 1.54) is 19.3 Å². The van der Waals surface area contributed by atoms with Gasteiger partial charge >= 0.3 is 0 Å². The number of rotatable bonds is 8. The topological polar surface area (TPSA) is 76.7 Å². The molecule has 1 unspecified atom stereocenters. The first-order chi connectivity index (χ1) is 14.4. The van der Waals surface area contributed by atoms with Crippen LogP contribution in [0.1, 0.15) is 63.5 Å². The average Bonchev–Trinajstić information content (AvgIpc) is 2.72. The first kappa shape index (κ1) is 21.0. The number of carbonyl (C=O) groups is 2. The van der Waals surface area contributed by atoms with E-state index >= 15 is 0 Å². The number of amides is 2. The zero-order valence-electron chi connectivity index (χ0n) is 18.3. The summed E-state index contributed by atoms with van der Waals surface area (Å²) < 4.78 is 10.7. The van der Waals surface area contributed by atoms with E-state index in [4.69, 9.17) is 9.47 Å². The molecule has 0 spiro atoms. The third kappa shape index (κ3) is 4.14. The van der Waals surface area contributed by atoms with Gasteiger partial charge in [-0.2, -0.15) is 0 Å². The van der Waals surface area contributed by atoms with Gasteiger partial charge < -0.3 is 20.1 Å². The molecule has 6 heteroatoms. The Kier molecular flexibility index (Phi) is 5.94. The molecule has 6 nitrogen and oxygen atoms in total. The fourth-order valence-electron chi connectivity index (χ4n) is 6.43. The Labute approximate surface area is 179 Å². The van der Waals surface area contributed by atoms with Gasteiger partial charge in [0.05, 0.1) is 20.3 Å². The van der Waals surface area contributed by atoms with Crippen molar-refractivity contribution in [3.05, 3.63) is 23.8 Å². The number of hydrogen-bond donors (Lipinski definition) is 2. The van der Waals surface area contributed by atoms with Crippen molar-refractivity contribution in [2.45, 2.75) is 57.9 Å². The molecule has 4 saturated carbocycles. The van der Waals surface area contributed by atoms with Crippen molar-refractivity contribution in [2.24, 2.45) is 23.2 Å². The lowest BCUT2D eigenvalue weighted by Crippen LogP contribution is -2.53. The van der Waals surface area contributed by atoms with Gasteiger partial charge in [0.1, 0.15) is 11.5 Å². The summed E-state index contributed by atoms with van der Waals surface area (Å²) in [5.74, 6) is 3.71. The smallest absolute Gasteiger partial charge is 0.226 e. The standard InChI is InChI=1S/C24H34N2O4/c1-15(20-5-4-19(29-2)11-21(20)30-3)26-22(27)6-7-25-23(28)24-12-16-8-17(13-24)10-18(9-16)14-24/h4-5,11,15-18H,6-10,12-14H2,1-3H3,(H,25,28)(H,26,27). The van der Waals surface area contributed by atoms with Gasteiger partial charge in [-0.15, -0.1) is 0 Å². The summed E-state index contributed by atoms with van der Waals surface area (Å²) in [7, 11) is 3.21. The summed E-state index contributed by atoms with van der Waals surface area (Å²) in [5.41, 5.74) is 0.735. The molecular weight excluding hydrogens is 380 g/mol. The Bertz CT molecular complexity index is 771. The Morgan fingerprint density at radius 2 is 1.70 bits per heavy atom. The predicted octanol–water partition coefficient (Wildman–Crippen LogP) is 3.60. The highest BCUT2D eigenvalue weighted by molar-refractivity contribution is 5.84. The van der Waals surface area contributed by atoms with Crippen LogP contribution in [0.25, 0.3) is 0 Å². The van der Waals surface area contributed by atoms with E-state index in [0.717, 1.165) is 42.6 Å². The molecular formula is C24H34N2O4. The number of hydrogen-bond acceptors (Lipinski definition) is 4. The van der Waals surface area contributed by atoms with Crippen LogP contribution in [-0.2, 0) is 9.59 Å². The quantitative estimate of drug-likeness (QED) is 0.681. The highest BCUT2D eigenvalue weighted by atomic mass is 16.5. The SMILES string of the molecule is COc1ccc(C(C)NC(=O)CCNC(=O)C23CC4CC(CC(C4)C2)C3)c(OC)c1. The molecule has 2 N–H and O–H groups in total. The molecule has 0 saturated heterocycles. The van der Waals surface area contributed by atoms with Crippen LogP contribution < -0.4 is 20.1 Å². The van der Waals surface area contributed by atoms with E-state index in [1.807, 2.05) is 25.1 Å². The van der Waals surface area contributed by atoms with E-state index in [9.17, 15) is 9.59 Å². The molecule has 4 fully saturated rings. The highest BCUT2D eigenvalue weighted by Gasteiger charge is 2.54. The van der Waals surface area contributed by atoms with E-state index in [1.54, 1.807) is 14.2 Å². The monoisotopic (exact) mass is 414 g/mol. The third-order valence-corrected chi connectivity index (χ3v) is 7.44. The summed E-state index contributed by atoms with van der Waals surface area (Å²) in [6.45, 7) is 2.31. The van der Waals surface area contributed by atoms with Gasteiger partial charge in [-0.1, -0.05) is 0 Å². The van der Waals surface area contributed by atoms with Crippen LogP contribution in [0.2, 0.25) is 0 Å². The lowest BCUT2D eigenvalue weighted by atomic mass is 9.49. The van der Waals surface area contributed by atoms with Gasteiger partial charge in [-0.05, 0) is 75.3 Å². The van der Waals surface area contributed by atoms with Gasteiger partial charge in [0.15, 0.2) is 0 Å². The van der Waals surface area contributed by atoms with Crippen molar-refractivity contribution >= 4 is 11.8 Å². The second-order valence-corrected chi connectivity index (χ2v) is 9.60. The van der Waals surface area contributed by atoms with Crippen LogP contribution in [0.15, 0.2) is 18.2 Å². The number of ether oxygens (including phenoxy) is 2. The molecule has 4 aliphatic rings. The molecule has 0 radical (unpaired) electrons. The zero-order valence-corrected chi connectivity index (χ0v) is 18.3. The summed E-state index contributed by atoms with van der Waals surface area (Å²) >= 11 is 0. The molecule has 0 aliphatic heterocycles. The average molecular weight is 415 g/mol. The fraction of sp³-hybridized carbons (Fsp3) is 0.667. The Hall–Kier alpha value is -2.24. The summed E-state index contributed by atoms with van der Waals surface area (Å²) in [6.07, 6.45) is 7.38. The van der Waals surface area contributed by atoms with Gasteiger partial charge in [0, 0.05) is 30.0 Å². The Morgan fingerprint density at radius 3 is 2.27 bits per heavy atom. The van der Waals surface area contributed by atoms with Crippen molar-refractivity contribution in [1.29, 1.82) is 0 Å². The molecule has 164 valence electrons. The van der Waals surface area contributed by atoms with Crippen molar-refractivity contribution in [2.75, 3.05) is 20.8 Å². The molecule has 2 amide bonds. The van der Waals surface area contributed by atoms with Crippen LogP contribution in [0, 0.1) is 23.2 Å². The Balaban J connectivity index is 1.27. The second kappa shape index (κ2) is 8.48. The molecule has 1 atom stereocenters. The molecule has 0 aromatic heterocycles. The predicted molar refractivity (Wildman–Crippen MR) is 114 cm³/mol. The van der Waals surface area contributed by atoms with E-state index in [0.29, 0.717) is 18.0 Å². The van der Waals surface area contributed by atoms with Crippen molar-refractivity contribution in [1.82, 2.24) is 10.6 Å². The summed E-state index contributed by atoms with van der Waals surface area (Å²) in [4.78, 5) is 25.4. The van der Waals surface area contributed by atoms with E-state index in [2.05, 4.69) is 10.6 Å². The van der Waals surface area contributed by atoms with Gasteiger partial charge in [0.2, 0.25) is 11.8 Å². The summed E-state index contributed by atoms with van der Waals surface area (Å²) in [5, 5.41) is 6.09. The maximum absolute atomic E-state index is 13.0. The number of methoxy groups -OCH3 is 2. The van der Waals surface area contributed by atoms with E-state index < -0.39 is 0 Å². The minimum Gasteiger partial charge on any atom is -0.497 e. The number of carbonyl (C=O) groups excluding carboxylic acids is 2. The maximum Gasteiger partial charge on any atom is 0.226 e. The molecule has 4 aliphatic carbocycles. The van der Waals surface area contributed by atoms with Crippen LogP contribution in [0.4, 0.5) is 0 Å². The largest absolute Gasteiger partial charge is 0.497 e. The van der Waals surface area contributed by atoms with Crippen LogP contribution in [0.5, 0.6) is 11.5 Å². The van der Waals surface area contributed by atoms with Gasteiger partial charge in [0.25, 0.3) is 0 Å². The van der Waals surface area contributed by atoms with Crippen molar-refractivity contribution < 1.29 is 19.1 Å². The molecule has 30 heavy (non-hydrogen) atoms. The first-order valence-electron chi connectivity index (χ1n) is 11.2. The first-order valence-corrected chi connectivity index (χ1v) is 11.2. The minimum absolute atomic E-state index is 0.0776. The van der Waals surface area contributed by atoms with Crippen LogP contribution in [0.3, 0.4) is 0 Å². The molecule has 4 bridgehead atoms. The maximum atomic E-state index is 13.0. The molecule has 1 aromatic rings. The summed E-state index contributed by atoms with van der Waals surface area (Å²) in [6, 6.07) is 5.37. The number of benzene rings is 1. The minimum atomic E-state index is -0.197. The zero-order chi connectivity index (χ0) is 21.3. The number of nitrogens with one attached hydrogen (secondary N) is 2. The lowest BCUT2D eigenvalue weighted by molar-refractivity contribution is -0.146. The van der Waals surface area contributed by atoms with Crippen molar-refractivity contribution in [3.63, 3.8) is 0 Å². The second-order valence-electron chi connectivity index (χ2n) is 9.60. The normalized spacial score (nSPS) is 29.9. The van der Waals surface area contributed by atoms with Crippen LogP contribution >= 0.6 is 0 Å². The van der Waals surface area contributed by atoms with Crippen molar-refractivity contribution in [3.8, 4) is 11.5 Å². The highest BCUT2D eigenvalue weighted by Crippen LogP contribution is 2.60. The molecule has 0 heterocycles. The lowest BCUT2D eigenvalue weighted by Gasteiger charge is -2.55. The van der Waals surface area contributed by atoms with E-state index in [-0.39, 0.29) is 29.7 Å². The third-order valence-electron chi connectivity index (χ3n) is 7.44. The van der Waals surface area contributed by atoms with Crippen LogP contribution in [-0.4, -0.2) is 32.6 Å². The molecule has 5 rings (SSSR count).